The summed E-state index contributed by atoms with van der Waals surface area (Å²) in [6.07, 6.45) is 4.66. The molecule has 2 N–H and O–H groups in total. The molecule has 0 fully saturated rings. The summed E-state index contributed by atoms with van der Waals surface area (Å²) in [6.45, 7) is 0.0920. The predicted octanol–water partition coefficient (Wildman–Crippen LogP) is 4.06. The monoisotopic (exact) mass is 491 g/mol. The van der Waals surface area contributed by atoms with Crippen LogP contribution in [-0.4, -0.2) is 36.1 Å². The number of sulfone groups is 1. The van der Waals surface area contributed by atoms with Crippen LogP contribution in [0.2, 0.25) is 5.02 Å². The molecule has 9 heteroatoms. The van der Waals surface area contributed by atoms with E-state index in [-0.39, 0.29) is 23.7 Å². The molecule has 0 bridgehead atoms. The van der Waals surface area contributed by atoms with Crippen LogP contribution in [0.25, 0.3) is 11.1 Å². The van der Waals surface area contributed by atoms with Gasteiger partial charge in [0, 0.05) is 48.3 Å². The molecule has 0 aliphatic carbocycles. The van der Waals surface area contributed by atoms with E-state index in [0.29, 0.717) is 46.1 Å². The lowest BCUT2D eigenvalue weighted by molar-refractivity contribution is 0.284. The van der Waals surface area contributed by atoms with Gasteiger partial charge in [0.1, 0.15) is 17.2 Å². The van der Waals surface area contributed by atoms with Gasteiger partial charge in [0.05, 0.1) is 5.75 Å². The number of halogens is 1. The first kappa shape index (κ1) is 24.8. The number of ether oxygens (including phenoxy) is 1. The fourth-order valence-electron chi connectivity index (χ4n) is 3.49. The van der Waals surface area contributed by atoms with Crippen LogP contribution in [0.1, 0.15) is 24.0 Å². The number of aromatic nitrogens is 1. The zero-order valence-corrected chi connectivity index (χ0v) is 20.0. The van der Waals surface area contributed by atoms with Crippen LogP contribution in [0.4, 0.5) is 0 Å². The van der Waals surface area contributed by atoms with E-state index in [9.17, 15) is 18.3 Å². The Labute approximate surface area is 197 Å². The summed E-state index contributed by atoms with van der Waals surface area (Å²) < 4.78 is 31.2. The quantitative estimate of drug-likeness (QED) is 0.437. The van der Waals surface area contributed by atoms with Crippen molar-refractivity contribution in [1.29, 1.82) is 0 Å². The maximum Gasteiger partial charge on any atom is 0.254 e. The molecule has 0 amide bonds. The Kier molecular flexibility index (Phi) is 7.84. The van der Waals surface area contributed by atoms with Crippen molar-refractivity contribution in [3.63, 3.8) is 0 Å². The fourth-order valence-corrected chi connectivity index (χ4v) is 4.47. The van der Waals surface area contributed by atoms with Crippen LogP contribution >= 0.6 is 11.6 Å². The van der Waals surface area contributed by atoms with E-state index >= 15 is 0 Å². The van der Waals surface area contributed by atoms with Gasteiger partial charge in [-0.1, -0.05) is 17.7 Å². The van der Waals surface area contributed by atoms with Crippen LogP contribution in [0.15, 0.2) is 53.5 Å². The van der Waals surface area contributed by atoms with Gasteiger partial charge < -0.3 is 19.5 Å². The highest BCUT2D eigenvalue weighted by molar-refractivity contribution is 7.89. The van der Waals surface area contributed by atoms with Crippen LogP contribution in [0.3, 0.4) is 0 Å². The van der Waals surface area contributed by atoms with Crippen molar-refractivity contribution < 1.29 is 23.4 Å². The van der Waals surface area contributed by atoms with Gasteiger partial charge in [-0.2, -0.15) is 0 Å². The van der Waals surface area contributed by atoms with E-state index in [4.69, 9.17) is 21.4 Å². The molecule has 0 atom stereocenters. The molecule has 7 nitrogen and oxygen atoms in total. The lowest BCUT2D eigenvalue weighted by Crippen LogP contribution is -2.14. The van der Waals surface area contributed by atoms with Crippen molar-refractivity contribution in [3.8, 4) is 28.4 Å². The third-order valence-electron chi connectivity index (χ3n) is 5.07. The van der Waals surface area contributed by atoms with Crippen molar-refractivity contribution >= 4 is 21.4 Å². The number of nitrogens with zero attached hydrogens (tertiary/aromatic N) is 1. The first-order valence-corrected chi connectivity index (χ1v) is 12.8. The average Bonchev–Trinajstić information content (AvgIpc) is 2.72. The van der Waals surface area contributed by atoms with Gasteiger partial charge in [0.2, 0.25) is 0 Å². The topological polar surface area (TPSA) is 106 Å². The van der Waals surface area contributed by atoms with Gasteiger partial charge in [-0.15, -0.1) is 0 Å². The summed E-state index contributed by atoms with van der Waals surface area (Å²) in [7, 11) is -1.73. The molecule has 0 saturated heterocycles. The molecule has 1 aromatic heterocycles. The molecular weight excluding hydrogens is 466 g/mol. The second kappa shape index (κ2) is 10.4. The van der Waals surface area contributed by atoms with E-state index in [1.807, 2.05) is 0 Å². The van der Waals surface area contributed by atoms with Crippen molar-refractivity contribution in [1.82, 2.24) is 4.57 Å². The number of benzene rings is 2. The van der Waals surface area contributed by atoms with E-state index in [2.05, 4.69) is 0 Å². The standard InChI is InChI=1S/C24H26ClNO6S/c1-26-14-20(21(28)13-24(26)29)19-11-16(15-33(2,30)31)6-8-23(19)32-22-9-7-18(25)12-17(22)5-3-4-10-27/h6-9,11-14,27-28H,3-5,10,15H2,1-2H3. The molecule has 0 aliphatic heterocycles. The number of aryl methyl sites for hydroxylation is 2. The lowest BCUT2D eigenvalue weighted by Gasteiger charge is -2.17. The van der Waals surface area contributed by atoms with Crippen LogP contribution in [-0.2, 0) is 29.1 Å². The maximum atomic E-state index is 11.9. The second-order valence-electron chi connectivity index (χ2n) is 7.96. The highest BCUT2D eigenvalue weighted by Gasteiger charge is 2.17. The smallest absolute Gasteiger partial charge is 0.254 e. The van der Waals surface area contributed by atoms with Crippen LogP contribution in [0, 0.1) is 0 Å². The Morgan fingerprint density at radius 1 is 1.03 bits per heavy atom. The predicted molar refractivity (Wildman–Crippen MR) is 129 cm³/mol. The van der Waals surface area contributed by atoms with E-state index < -0.39 is 9.84 Å². The summed E-state index contributed by atoms with van der Waals surface area (Å²) >= 11 is 6.17. The first-order valence-electron chi connectivity index (χ1n) is 10.3. The van der Waals surface area contributed by atoms with E-state index in [1.54, 1.807) is 43.4 Å². The Morgan fingerprint density at radius 3 is 2.45 bits per heavy atom. The van der Waals surface area contributed by atoms with Crippen molar-refractivity contribution in [2.45, 2.75) is 25.0 Å². The number of aromatic hydroxyl groups is 1. The third kappa shape index (κ3) is 6.60. The summed E-state index contributed by atoms with van der Waals surface area (Å²) in [6, 6.07) is 11.3. The van der Waals surface area contributed by atoms with Crippen molar-refractivity contribution in [2.75, 3.05) is 12.9 Å². The number of unbranched alkanes of at least 4 members (excludes halogenated alkanes) is 1. The van der Waals surface area contributed by atoms with E-state index in [1.165, 1.54) is 10.8 Å². The minimum absolute atomic E-state index is 0.0920. The number of hydrogen-bond acceptors (Lipinski definition) is 6. The molecule has 0 unspecified atom stereocenters. The molecule has 176 valence electrons. The Morgan fingerprint density at radius 2 is 1.76 bits per heavy atom. The fraction of sp³-hybridized carbons (Fsp3) is 0.292. The van der Waals surface area contributed by atoms with E-state index in [0.717, 1.165) is 24.3 Å². The van der Waals surface area contributed by atoms with Crippen molar-refractivity contribution in [2.24, 2.45) is 7.05 Å². The Bertz CT molecular complexity index is 1320. The Balaban J connectivity index is 2.11. The van der Waals surface area contributed by atoms with Gasteiger partial charge in [-0.3, -0.25) is 4.79 Å². The second-order valence-corrected chi connectivity index (χ2v) is 10.5. The average molecular weight is 492 g/mol. The summed E-state index contributed by atoms with van der Waals surface area (Å²) in [4.78, 5) is 11.9. The maximum absolute atomic E-state index is 11.9. The zero-order valence-electron chi connectivity index (χ0n) is 18.4. The lowest BCUT2D eigenvalue weighted by atomic mass is 10.0. The number of pyridine rings is 1. The highest BCUT2D eigenvalue weighted by Crippen LogP contribution is 2.39. The molecule has 3 rings (SSSR count). The summed E-state index contributed by atoms with van der Waals surface area (Å²) in [5.41, 5.74) is 1.77. The highest BCUT2D eigenvalue weighted by atomic mass is 35.5. The molecular formula is C24H26ClNO6S. The van der Waals surface area contributed by atoms with Gasteiger partial charge in [-0.05, 0) is 60.7 Å². The molecule has 33 heavy (non-hydrogen) atoms. The number of aliphatic hydroxyl groups is 1. The van der Waals surface area contributed by atoms with Crippen LogP contribution < -0.4 is 10.3 Å². The van der Waals surface area contributed by atoms with Crippen molar-refractivity contribution in [3.05, 3.63) is 75.2 Å². The SMILES string of the molecule is Cn1cc(-c2cc(CS(C)(=O)=O)ccc2Oc2ccc(Cl)cc2CCCCO)c(O)cc1=O. The molecule has 0 saturated carbocycles. The third-order valence-corrected chi connectivity index (χ3v) is 6.16. The Hall–Kier alpha value is -2.81. The molecule has 0 radical (unpaired) electrons. The van der Waals surface area contributed by atoms with Crippen LogP contribution in [0.5, 0.6) is 17.2 Å². The molecule has 3 aromatic rings. The summed E-state index contributed by atoms with van der Waals surface area (Å²) in [5, 5.41) is 20.1. The van der Waals surface area contributed by atoms with Gasteiger partial charge in [0.25, 0.3) is 5.56 Å². The minimum Gasteiger partial charge on any atom is -0.507 e. The number of rotatable bonds is 9. The molecule has 1 heterocycles. The van der Waals surface area contributed by atoms with Gasteiger partial charge in [-0.25, -0.2) is 8.42 Å². The molecule has 2 aromatic carbocycles. The number of aliphatic hydroxyl groups excluding tert-OH is 1. The first-order chi connectivity index (χ1) is 15.6. The molecule has 0 spiro atoms. The largest absolute Gasteiger partial charge is 0.507 e. The normalized spacial score (nSPS) is 11.5. The molecule has 0 aliphatic rings. The minimum atomic E-state index is -3.29. The number of hydrogen-bond donors (Lipinski definition) is 2. The zero-order chi connectivity index (χ0) is 24.2. The van der Waals surface area contributed by atoms with Gasteiger partial charge in [0.15, 0.2) is 9.84 Å². The van der Waals surface area contributed by atoms with Gasteiger partial charge >= 0.3 is 0 Å². The summed E-state index contributed by atoms with van der Waals surface area (Å²) in [5.74, 6) is 0.518.